The molecule has 0 aliphatic heterocycles. The summed E-state index contributed by atoms with van der Waals surface area (Å²) in [4.78, 5) is 12.1. The number of carbonyl (C=O) groups excluding carboxylic acids is 1. The Kier molecular flexibility index (Phi) is 6.78. The van der Waals surface area contributed by atoms with Crippen LogP contribution in [0.2, 0.25) is 0 Å². The molecule has 1 aromatic carbocycles. The lowest BCUT2D eigenvalue weighted by molar-refractivity contribution is -0.117. The quantitative estimate of drug-likeness (QED) is 0.876. The first kappa shape index (κ1) is 17.6. The van der Waals surface area contributed by atoms with Gasteiger partial charge in [-0.25, -0.2) is 0 Å². The minimum atomic E-state index is -0.0114. The second-order valence-corrected chi connectivity index (χ2v) is 5.21. The van der Waals surface area contributed by atoms with E-state index in [1.165, 1.54) is 0 Å². The topological polar surface area (TPSA) is 73.6 Å². The van der Waals surface area contributed by atoms with Crippen molar-refractivity contribution >= 4 is 24.0 Å². The molecule has 118 valence electrons. The molecule has 5 nitrogen and oxygen atoms in total. The highest BCUT2D eigenvalue weighted by molar-refractivity contribution is 5.91. The van der Waals surface area contributed by atoms with Gasteiger partial charge in [-0.3, -0.25) is 4.79 Å². The number of rotatable bonds is 5. The van der Waals surface area contributed by atoms with Gasteiger partial charge in [-0.05, 0) is 18.8 Å². The van der Waals surface area contributed by atoms with Crippen molar-refractivity contribution in [3.05, 3.63) is 18.2 Å². The molecule has 0 radical (unpaired) electrons. The number of amides is 1. The Morgan fingerprint density at radius 2 is 1.86 bits per heavy atom. The lowest BCUT2D eigenvalue weighted by Crippen LogP contribution is -2.28. The number of nitrogens with two attached hydrogens (primary N) is 1. The van der Waals surface area contributed by atoms with Gasteiger partial charge in [0.1, 0.15) is 11.5 Å². The predicted molar refractivity (Wildman–Crippen MR) is 85.4 cm³/mol. The Balaban J connectivity index is 0.00000220. The van der Waals surface area contributed by atoms with Crippen LogP contribution in [0.1, 0.15) is 25.7 Å². The van der Waals surface area contributed by atoms with Crippen molar-refractivity contribution in [3.8, 4) is 11.5 Å². The van der Waals surface area contributed by atoms with Crippen LogP contribution < -0.4 is 20.5 Å². The van der Waals surface area contributed by atoms with Crippen LogP contribution >= 0.6 is 12.4 Å². The summed E-state index contributed by atoms with van der Waals surface area (Å²) in [5.41, 5.74) is 6.67. The maximum absolute atomic E-state index is 12.1. The highest BCUT2D eigenvalue weighted by Gasteiger charge is 2.26. The van der Waals surface area contributed by atoms with Crippen LogP contribution in [0.4, 0.5) is 5.69 Å². The van der Waals surface area contributed by atoms with Gasteiger partial charge in [0.2, 0.25) is 5.91 Å². The normalized spacial score (nSPS) is 20.5. The van der Waals surface area contributed by atoms with Gasteiger partial charge in [0.25, 0.3) is 0 Å². The van der Waals surface area contributed by atoms with Gasteiger partial charge in [-0.15, -0.1) is 12.4 Å². The molecule has 0 saturated heterocycles. The number of halogens is 1. The van der Waals surface area contributed by atoms with Crippen LogP contribution in [0.15, 0.2) is 18.2 Å². The van der Waals surface area contributed by atoms with Crippen LogP contribution in [0, 0.1) is 5.92 Å². The highest BCUT2D eigenvalue weighted by Crippen LogP contribution is 2.29. The van der Waals surface area contributed by atoms with Gasteiger partial charge >= 0.3 is 0 Å². The molecule has 2 atom stereocenters. The molecule has 1 amide bonds. The molecule has 0 unspecified atom stereocenters. The Bertz CT molecular complexity index is 460. The summed E-state index contributed by atoms with van der Waals surface area (Å²) >= 11 is 0. The fraction of sp³-hybridized carbons (Fsp3) is 0.533. The van der Waals surface area contributed by atoms with Gasteiger partial charge in [0, 0.05) is 36.3 Å². The second kappa shape index (κ2) is 8.10. The zero-order valence-corrected chi connectivity index (χ0v) is 13.2. The molecule has 1 aliphatic rings. The van der Waals surface area contributed by atoms with Crippen molar-refractivity contribution in [2.45, 2.75) is 31.7 Å². The first-order valence-corrected chi connectivity index (χ1v) is 6.91. The molecular formula is C15H23ClN2O3. The van der Waals surface area contributed by atoms with E-state index in [9.17, 15) is 4.79 Å². The zero-order valence-electron chi connectivity index (χ0n) is 12.4. The first-order chi connectivity index (χ1) is 9.62. The van der Waals surface area contributed by atoms with Crippen LogP contribution in [-0.2, 0) is 4.79 Å². The highest BCUT2D eigenvalue weighted by atomic mass is 35.5. The lowest BCUT2D eigenvalue weighted by Gasteiger charge is -2.15. The minimum Gasteiger partial charge on any atom is -0.497 e. The van der Waals surface area contributed by atoms with E-state index in [1.807, 2.05) is 0 Å². The van der Waals surface area contributed by atoms with Crippen LogP contribution in [0.25, 0.3) is 0 Å². The number of nitrogens with one attached hydrogen (secondary N) is 1. The van der Waals surface area contributed by atoms with E-state index in [2.05, 4.69) is 5.32 Å². The first-order valence-electron chi connectivity index (χ1n) is 6.91. The molecule has 0 spiro atoms. The van der Waals surface area contributed by atoms with E-state index in [0.29, 0.717) is 29.5 Å². The summed E-state index contributed by atoms with van der Waals surface area (Å²) in [6.45, 7) is 0. The lowest BCUT2D eigenvalue weighted by atomic mass is 10.00. The molecular weight excluding hydrogens is 292 g/mol. The average molecular weight is 315 g/mol. The molecule has 1 aliphatic carbocycles. The van der Waals surface area contributed by atoms with Crippen LogP contribution in [-0.4, -0.2) is 26.2 Å². The number of benzene rings is 1. The van der Waals surface area contributed by atoms with E-state index >= 15 is 0 Å². The average Bonchev–Trinajstić information content (AvgIpc) is 2.83. The van der Waals surface area contributed by atoms with Crippen molar-refractivity contribution in [2.24, 2.45) is 11.7 Å². The molecule has 6 heteroatoms. The number of anilines is 1. The van der Waals surface area contributed by atoms with E-state index in [0.717, 1.165) is 19.3 Å². The van der Waals surface area contributed by atoms with E-state index in [4.69, 9.17) is 15.2 Å². The van der Waals surface area contributed by atoms with Gasteiger partial charge in [-0.2, -0.15) is 0 Å². The maximum atomic E-state index is 12.1. The van der Waals surface area contributed by atoms with Crippen LogP contribution in [0.3, 0.4) is 0 Å². The minimum absolute atomic E-state index is 0. The predicted octanol–water partition coefficient (Wildman–Crippen LogP) is 2.58. The van der Waals surface area contributed by atoms with Crippen LogP contribution in [0.5, 0.6) is 11.5 Å². The molecule has 1 saturated carbocycles. The Hall–Kier alpha value is -1.46. The second-order valence-electron chi connectivity index (χ2n) is 5.21. The summed E-state index contributed by atoms with van der Waals surface area (Å²) in [7, 11) is 3.16. The Morgan fingerprint density at radius 3 is 2.33 bits per heavy atom. The summed E-state index contributed by atoms with van der Waals surface area (Å²) in [6, 6.07) is 5.47. The van der Waals surface area contributed by atoms with Crippen molar-refractivity contribution < 1.29 is 14.3 Å². The molecule has 0 bridgehead atoms. The largest absolute Gasteiger partial charge is 0.497 e. The summed E-state index contributed by atoms with van der Waals surface area (Å²) in [6.07, 6.45) is 3.65. The third-order valence-electron chi connectivity index (χ3n) is 3.80. The maximum Gasteiger partial charge on any atom is 0.224 e. The van der Waals surface area contributed by atoms with Gasteiger partial charge in [0.05, 0.1) is 14.2 Å². The van der Waals surface area contributed by atoms with E-state index < -0.39 is 0 Å². The zero-order chi connectivity index (χ0) is 14.5. The summed E-state index contributed by atoms with van der Waals surface area (Å²) in [5.74, 6) is 1.58. The van der Waals surface area contributed by atoms with Crippen molar-refractivity contribution in [1.82, 2.24) is 0 Å². The fourth-order valence-electron chi connectivity index (χ4n) is 2.65. The summed E-state index contributed by atoms with van der Waals surface area (Å²) in [5, 5.41) is 2.88. The molecule has 0 aromatic heterocycles. The van der Waals surface area contributed by atoms with Gasteiger partial charge < -0.3 is 20.5 Å². The molecule has 2 rings (SSSR count). The van der Waals surface area contributed by atoms with E-state index in [-0.39, 0.29) is 24.4 Å². The Morgan fingerprint density at radius 1 is 1.24 bits per heavy atom. The number of carbonyl (C=O) groups is 1. The van der Waals surface area contributed by atoms with E-state index in [1.54, 1.807) is 32.4 Å². The smallest absolute Gasteiger partial charge is 0.224 e. The fourth-order valence-corrected chi connectivity index (χ4v) is 2.65. The SMILES string of the molecule is COc1cc(NC(=O)C[C@@H]2CCC[C@H]2N)cc(OC)c1.Cl. The number of hydrogen-bond acceptors (Lipinski definition) is 4. The van der Waals surface area contributed by atoms with Crippen molar-refractivity contribution in [2.75, 3.05) is 19.5 Å². The molecule has 0 heterocycles. The molecule has 1 fully saturated rings. The molecule has 3 N–H and O–H groups in total. The molecule has 21 heavy (non-hydrogen) atoms. The molecule has 1 aromatic rings. The summed E-state index contributed by atoms with van der Waals surface area (Å²) < 4.78 is 10.4. The number of ether oxygens (including phenoxy) is 2. The van der Waals surface area contributed by atoms with Gasteiger partial charge in [0.15, 0.2) is 0 Å². The monoisotopic (exact) mass is 314 g/mol. The number of hydrogen-bond donors (Lipinski definition) is 2. The van der Waals surface area contributed by atoms with Crippen molar-refractivity contribution in [3.63, 3.8) is 0 Å². The third-order valence-corrected chi connectivity index (χ3v) is 3.80. The Labute approximate surface area is 131 Å². The third kappa shape index (κ3) is 4.79. The van der Waals surface area contributed by atoms with Crippen molar-refractivity contribution in [1.29, 1.82) is 0 Å². The van der Waals surface area contributed by atoms with Gasteiger partial charge in [-0.1, -0.05) is 6.42 Å². The standard InChI is InChI=1S/C15H22N2O3.ClH/c1-19-12-7-11(8-13(9-12)20-2)17-15(18)6-10-4-3-5-14(10)16;/h7-10,14H,3-6,16H2,1-2H3,(H,17,18);1H/t10-,14+;/m0./s1. The number of methoxy groups -OCH3 is 2.